The summed E-state index contributed by atoms with van der Waals surface area (Å²) in [5.41, 5.74) is 2.23. The van der Waals surface area contributed by atoms with Crippen LogP contribution in [0, 0.1) is 0 Å². The third kappa shape index (κ3) is 7.33. The number of ether oxygens (including phenoxy) is 2. The first-order valence-electron chi connectivity index (χ1n) is 8.89. The lowest BCUT2D eigenvalue weighted by atomic mass is 10.2. The fraction of sp³-hybridized carbons (Fsp3) is 0.526. The summed E-state index contributed by atoms with van der Waals surface area (Å²) >= 11 is 1.87. The lowest BCUT2D eigenvalue weighted by Crippen LogP contribution is -2.38. The first kappa shape index (κ1) is 23.7. The van der Waals surface area contributed by atoms with Gasteiger partial charge in [0, 0.05) is 43.4 Å². The van der Waals surface area contributed by atoms with Crippen molar-refractivity contribution in [1.29, 1.82) is 0 Å². The summed E-state index contributed by atoms with van der Waals surface area (Å²) in [6.07, 6.45) is 5.24. The maximum absolute atomic E-state index is 5.47. The third-order valence-corrected chi connectivity index (χ3v) is 4.84. The van der Waals surface area contributed by atoms with Gasteiger partial charge in [0.15, 0.2) is 5.96 Å². The molecular formula is C19H31IN4O2S. The van der Waals surface area contributed by atoms with Crippen LogP contribution < -0.4 is 20.1 Å². The average molecular weight is 506 g/mol. The van der Waals surface area contributed by atoms with Crippen LogP contribution in [0.4, 0.5) is 0 Å². The fourth-order valence-corrected chi connectivity index (χ4v) is 3.22. The van der Waals surface area contributed by atoms with E-state index in [9.17, 15) is 0 Å². The van der Waals surface area contributed by atoms with E-state index in [0.29, 0.717) is 0 Å². The van der Waals surface area contributed by atoms with Crippen molar-refractivity contribution in [3.05, 3.63) is 23.9 Å². The summed E-state index contributed by atoms with van der Waals surface area (Å²) in [7, 11) is 5.15. The summed E-state index contributed by atoms with van der Waals surface area (Å²) in [5, 5.41) is 7.79. The average Bonchev–Trinajstić information content (AvgIpc) is 3.08. The maximum Gasteiger partial charge on any atom is 0.190 e. The number of hydrogen-bond acceptors (Lipinski definition) is 4. The number of guanidine groups is 1. The van der Waals surface area contributed by atoms with Gasteiger partial charge in [0.05, 0.1) is 19.7 Å². The van der Waals surface area contributed by atoms with Crippen LogP contribution in [-0.4, -0.2) is 57.3 Å². The largest absolute Gasteiger partial charge is 0.497 e. The van der Waals surface area contributed by atoms with E-state index < -0.39 is 0 Å². The van der Waals surface area contributed by atoms with Crippen LogP contribution in [0.25, 0.3) is 10.9 Å². The maximum atomic E-state index is 5.47. The molecule has 8 heteroatoms. The lowest BCUT2D eigenvalue weighted by Gasteiger charge is -2.11. The monoisotopic (exact) mass is 506 g/mol. The van der Waals surface area contributed by atoms with Crippen molar-refractivity contribution < 1.29 is 9.47 Å². The van der Waals surface area contributed by atoms with Gasteiger partial charge in [0.1, 0.15) is 11.5 Å². The highest BCUT2D eigenvalue weighted by atomic mass is 127. The number of thioether (sulfide) groups is 1. The number of nitrogens with zero attached hydrogens (tertiary/aromatic N) is 1. The summed E-state index contributed by atoms with van der Waals surface area (Å²) in [6, 6.07) is 6.07. The molecule has 152 valence electrons. The van der Waals surface area contributed by atoms with Crippen molar-refractivity contribution >= 4 is 52.6 Å². The molecule has 0 bridgehead atoms. The van der Waals surface area contributed by atoms with Crippen molar-refractivity contribution in [3.8, 4) is 11.5 Å². The Bertz CT molecular complexity index is 721. The number of aliphatic imine (C=N–C) groups is 1. The SMILES string of the molecule is CN=C(NCCCSC)NCCCc1cc2c(OC)cc(OC)cc2[nH]1.I. The summed E-state index contributed by atoms with van der Waals surface area (Å²) in [5.74, 6) is 3.66. The minimum absolute atomic E-state index is 0. The van der Waals surface area contributed by atoms with Gasteiger partial charge in [-0.3, -0.25) is 4.99 Å². The van der Waals surface area contributed by atoms with Crippen molar-refractivity contribution in [2.75, 3.05) is 46.4 Å². The van der Waals surface area contributed by atoms with E-state index in [1.54, 1.807) is 21.3 Å². The molecular weight excluding hydrogens is 475 g/mol. The van der Waals surface area contributed by atoms with Crippen molar-refractivity contribution in [3.63, 3.8) is 0 Å². The highest BCUT2D eigenvalue weighted by Gasteiger charge is 2.09. The van der Waals surface area contributed by atoms with Crippen molar-refractivity contribution in [2.45, 2.75) is 19.3 Å². The number of benzene rings is 1. The Morgan fingerprint density at radius 3 is 2.48 bits per heavy atom. The molecule has 0 spiro atoms. The number of halogens is 1. The van der Waals surface area contributed by atoms with Crippen LogP contribution in [0.5, 0.6) is 11.5 Å². The molecule has 27 heavy (non-hydrogen) atoms. The first-order chi connectivity index (χ1) is 12.7. The number of rotatable bonds is 10. The standard InChI is InChI=1S/C19H30N4O2S.HI/c1-20-19(22-9-6-10-26-4)21-8-5-7-14-11-16-17(23-14)12-15(24-2)13-18(16)25-3;/h11-13,23H,5-10H2,1-4H3,(H2,20,21,22);1H. The molecule has 1 aromatic carbocycles. The van der Waals surface area contributed by atoms with E-state index in [1.807, 2.05) is 23.9 Å². The molecule has 1 aromatic heterocycles. The van der Waals surface area contributed by atoms with Crippen LogP contribution in [0.15, 0.2) is 23.2 Å². The predicted molar refractivity (Wildman–Crippen MR) is 128 cm³/mol. The molecule has 2 aromatic rings. The van der Waals surface area contributed by atoms with Gasteiger partial charge >= 0.3 is 0 Å². The van der Waals surface area contributed by atoms with Crippen LogP contribution in [0.2, 0.25) is 0 Å². The highest BCUT2D eigenvalue weighted by Crippen LogP contribution is 2.31. The van der Waals surface area contributed by atoms with E-state index in [-0.39, 0.29) is 24.0 Å². The topological polar surface area (TPSA) is 70.7 Å². The molecule has 0 aliphatic heterocycles. The van der Waals surface area contributed by atoms with Crippen LogP contribution in [-0.2, 0) is 6.42 Å². The van der Waals surface area contributed by atoms with Crippen molar-refractivity contribution in [1.82, 2.24) is 15.6 Å². The summed E-state index contributed by atoms with van der Waals surface area (Å²) in [6.45, 7) is 1.82. The van der Waals surface area contributed by atoms with Crippen molar-refractivity contribution in [2.24, 2.45) is 4.99 Å². The quantitative estimate of drug-likeness (QED) is 0.199. The number of methoxy groups -OCH3 is 2. The second-order valence-electron chi connectivity index (χ2n) is 5.96. The molecule has 0 radical (unpaired) electrons. The summed E-state index contributed by atoms with van der Waals surface area (Å²) < 4.78 is 10.8. The molecule has 0 unspecified atom stereocenters. The number of aromatic amines is 1. The zero-order valence-corrected chi connectivity index (χ0v) is 19.7. The van der Waals surface area contributed by atoms with Gasteiger partial charge in [-0.25, -0.2) is 0 Å². The zero-order chi connectivity index (χ0) is 18.8. The minimum Gasteiger partial charge on any atom is -0.497 e. The highest BCUT2D eigenvalue weighted by molar-refractivity contribution is 14.0. The molecule has 2 rings (SSSR count). The predicted octanol–water partition coefficient (Wildman–Crippen LogP) is 3.65. The Hall–Kier alpha value is -1.29. The Balaban J connectivity index is 0.00000364. The van der Waals surface area contributed by atoms with Gasteiger partial charge < -0.3 is 25.1 Å². The number of fused-ring (bicyclic) bond motifs is 1. The van der Waals surface area contributed by atoms with Gasteiger partial charge in [0.25, 0.3) is 0 Å². The number of H-pyrrole nitrogens is 1. The fourth-order valence-electron chi connectivity index (χ4n) is 2.79. The van der Waals surface area contributed by atoms with Crippen LogP contribution in [0.1, 0.15) is 18.5 Å². The Morgan fingerprint density at radius 1 is 1.11 bits per heavy atom. The van der Waals surface area contributed by atoms with E-state index in [1.165, 1.54) is 11.4 Å². The van der Waals surface area contributed by atoms with E-state index >= 15 is 0 Å². The van der Waals surface area contributed by atoms with E-state index in [2.05, 4.69) is 32.9 Å². The van der Waals surface area contributed by atoms with Gasteiger partial charge in [-0.2, -0.15) is 11.8 Å². The smallest absolute Gasteiger partial charge is 0.190 e. The van der Waals surface area contributed by atoms with Gasteiger partial charge in [-0.1, -0.05) is 0 Å². The molecule has 0 saturated carbocycles. The van der Waals surface area contributed by atoms with Crippen LogP contribution in [0.3, 0.4) is 0 Å². The minimum atomic E-state index is 0. The lowest BCUT2D eigenvalue weighted by molar-refractivity contribution is 0.398. The summed E-state index contributed by atoms with van der Waals surface area (Å²) in [4.78, 5) is 7.72. The molecule has 0 aliphatic carbocycles. The van der Waals surface area contributed by atoms with Crippen LogP contribution >= 0.6 is 35.7 Å². The molecule has 0 amide bonds. The second-order valence-corrected chi connectivity index (χ2v) is 6.95. The number of aromatic nitrogens is 1. The first-order valence-corrected chi connectivity index (χ1v) is 10.3. The molecule has 6 nitrogen and oxygen atoms in total. The Kier molecular flexibility index (Phi) is 11.4. The molecule has 0 aliphatic rings. The molecule has 1 heterocycles. The zero-order valence-electron chi connectivity index (χ0n) is 16.6. The van der Waals surface area contributed by atoms with Gasteiger partial charge in [-0.05, 0) is 37.3 Å². The molecule has 0 atom stereocenters. The Morgan fingerprint density at radius 2 is 1.85 bits per heavy atom. The number of aryl methyl sites for hydroxylation is 1. The number of hydrogen-bond donors (Lipinski definition) is 3. The van der Waals surface area contributed by atoms with Gasteiger partial charge in [0.2, 0.25) is 0 Å². The normalized spacial score (nSPS) is 11.2. The van der Waals surface area contributed by atoms with Gasteiger partial charge in [-0.15, -0.1) is 24.0 Å². The molecule has 0 saturated heterocycles. The van der Waals surface area contributed by atoms with E-state index in [0.717, 1.165) is 60.7 Å². The molecule has 3 N–H and O–H groups in total. The Labute approximate surface area is 183 Å². The van der Waals surface area contributed by atoms with E-state index in [4.69, 9.17) is 9.47 Å². The number of nitrogens with one attached hydrogen (secondary N) is 3. The second kappa shape index (κ2) is 13.0. The third-order valence-electron chi connectivity index (χ3n) is 4.14. The molecule has 0 fully saturated rings.